The standard InChI is InChI=1S/C15H23ClN2O/c1-2-11-5-6-18(14(7-11)9-17)10-12-8-13(16)3-4-15(12)19/h3-4,8,11,14,19H,2,5-7,9-10,17H2,1H3. The Hall–Kier alpha value is -0.770. The Labute approximate surface area is 120 Å². The predicted octanol–water partition coefficient (Wildman–Crippen LogP) is 2.99. The highest BCUT2D eigenvalue weighted by molar-refractivity contribution is 6.30. The van der Waals surface area contributed by atoms with Gasteiger partial charge < -0.3 is 10.8 Å². The van der Waals surface area contributed by atoms with Crippen molar-refractivity contribution < 1.29 is 5.11 Å². The quantitative estimate of drug-likeness (QED) is 0.893. The van der Waals surface area contributed by atoms with Crippen molar-refractivity contribution in [1.29, 1.82) is 0 Å². The van der Waals surface area contributed by atoms with E-state index in [1.165, 1.54) is 12.8 Å². The number of rotatable bonds is 4. The number of aromatic hydroxyl groups is 1. The largest absolute Gasteiger partial charge is 0.508 e. The Bertz CT molecular complexity index is 425. The van der Waals surface area contributed by atoms with Crippen LogP contribution in [-0.2, 0) is 6.54 Å². The fourth-order valence-electron chi connectivity index (χ4n) is 2.91. The van der Waals surface area contributed by atoms with Gasteiger partial charge in [0.15, 0.2) is 0 Å². The van der Waals surface area contributed by atoms with E-state index >= 15 is 0 Å². The van der Waals surface area contributed by atoms with E-state index in [1.807, 2.05) is 6.07 Å². The van der Waals surface area contributed by atoms with Gasteiger partial charge in [0.05, 0.1) is 0 Å². The van der Waals surface area contributed by atoms with Crippen molar-refractivity contribution in [3.63, 3.8) is 0 Å². The minimum Gasteiger partial charge on any atom is -0.508 e. The van der Waals surface area contributed by atoms with Crippen molar-refractivity contribution in [2.24, 2.45) is 11.7 Å². The van der Waals surface area contributed by atoms with Gasteiger partial charge in [0.25, 0.3) is 0 Å². The molecule has 2 unspecified atom stereocenters. The lowest BCUT2D eigenvalue weighted by atomic mass is 9.88. The molecule has 1 heterocycles. The van der Waals surface area contributed by atoms with E-state index in [1.54, 1.807) is 12.1 Å². The summed E-state index contributed by atoms with van der Waals surface area (Å²) in [5, 5.41) is 10.6. The van der Waals surface area contributed by atoms with E-state index in [4.69, 9.17) is 17.3 Å². The molecule has 106 valence electrons. The summed E-state index contributed by atoms with van der Waals surface area (Å²) >= 11 is 6.00. The molecular formula is C15H23ClN2O. The number of halogens is 1. The van der Waals surface area contributed by atoms with Crippen LogP contribution >= 0.6 is 11.6 Å². The number of likely N-dealkylation sites (tertiary alicyclic amines) is 1. The van der Waals surface area contributed by atoms with E-state index in [9.17, 15) is 5.11 Å². The summed E-state index contributed by atoms with van der Waals surface area (Å²) < 4.78 is 0. The van der Waals surface area contributed by atoms with Gasteiger partial charge >= 0.3 is 0 Å². The highest BCUT2D eigenvalue weighted by Crippen LogP contribution is 2.29. The maximum absolute atomic E-state index is 9.91. The molecular weight excluding hydrogens is 260 g/mol. The molecule has 3 nitrogen and oxygen atoms in total. The van der Waals surface area contributed by atoms with Crippen LogP contribution in [0.25, 0.3) is 0 Å². The van der Waals surface area contributed by atoms with Crippen LogP contribution in [0.5, 0.6) is 5.75 Å². The summed E-state index contributed by atoms with van der Waals surface area (Å²) in [4.78, 5) is 2.37. The molecule has 0 aromatic heterocycles. The van der Waals surface area contributed by atoms with Gasteiger partial charge in [0.1, 0.15) is 5.75 Å². The molecule has 0 spiro atoms. The molecule has 3 N–H and O–H groups in total. The average molecular weight is 283 g/mol. The molecule has 0 bridgehead atoms. The summed E-state index contributed by atoms with van der Waals surface area (Å²) in [6.07, 6.45) is 3.61. The molecule has 1 aromatic carbocycles. The molecule has 2 atom stereocenters. The number of nitrogens with two attached hydrogens (primary N) is 1. The van der Waals surface area contributed by atoms with Gasteiger partial charge in [-0.3, -0.25) is 4.90 Å². The zero-order chi connectivity index (χ0) is 13.8. The third kappa shape index (κ3) is 3.62. The van der Waals surface area contributed by atoms with Gasteiger partial charge in [-0.15, -0.1) is 0 Å². The van der Waals surface area contributed by atoms with Crippen molar-refractivity contribution in [1.82, 2.24) is 4.90 Å². The first-order valence-corrected chi connectivity index (χ1v) is 7.43. The predicted molar refractivity (Wildman–Crippen MR) is 79.4 cm³/mol. The van der Waals surface area contributed by atoms with E-state index in [2.05, 4.69) is 11.8 Å². The van der Waals surface area contributed by atoms with Crippen LogP contribution in [0.2, 0.25) is 5.02 Å². The molecule has 0 saturated carbocycles. The number of hydrogen-bond donors (Lipinski definition) is 2. The van der Waals surface area contributed by atoms with Crippen LogP contribution in [0.15, 0.2) is 18.2 Å². The lowest BCUT2D eigenvalue weighted by Gasteiger charge is -2.39. The summed E-state index contributed by atoms with van der Waals surface area (Å²) in [7, 11) is 0. The van der Waals surface area contributed by atoms with Crippen molar-refractivity contribution in [3.05, 3.63) is 28.8 Å². The first-order chi connectivity index (χ1) is 9.13. The first kappa shape index (κ1) is 14.6. The van der Waals surface area contributed by atoms with Crippen molar-refractivity contribution in [2.45, 2.75) is 38.8 Å². The monoisotopic (exact) mass is 282 g/mol. The smallest absolute Gasteiger partial charge is 0.120 e. The molecule has 19 heavy (non-hydrogen) atoms. The number of benzene rings is 1. The van der Waals surface area contributed by atoms with Gasteiger partial charge in [-0.1, -0.05) is 24.9 Å². The molecule has 1 aliphatic rings. The maximum atomic E-state index is 9.91. The van der Waals surface area contributed by atoms with Gasteiger partial charge in [-0.25, -0.2) is 0 Å². The average Bonchev–Trinajstić information content (AvgIpc) is 2.43. The van der Waals surface area contributed by atoms with Gasteiger partial charge in [0, 0.05) is 29.7 Å². The first-order valence-electron chi connectivity index (χ1n) is 7.05. The van der Waals surface area contributed by atoms with Crippen molar-refractivity contribution >= 4 is 11.6 Å². The van der Waals surface area contributed by atoms with Crippen LogP contribution in [0.4, 0.5) is 0 Å². The van der Waals surface area contributed by atoms with E-state index in [0.29, 0.717) is 23.4 Å². The number of phenols is 1. The molecule has 0 radical (unpaired) electrons. The number of nitrogens with zero attached hydrogens (tertiary/aromatic N) is 1. The Morgan fingerprint density at radius 3 is 2.95 bits per heavy atom. The molecule has 0 amide bonds. The van der Waals surface area contributed by atoms with E-state index in [-0.39, 0.29) is 0 Å². The fourth-order valence-corrected chi connectivity index (χ4v) is 3.10. The van der Waals surface area contributed by atoms with E-state index < -0.39 is 0 Å². The molecule has 4 heteroatoms. The Kier molecular flexibility index (Phi) is 5.08. The fraction of sp³-hybridized carbons (Fsp3) is 0.600. The van der Waals surface area contributed by atoms with Gasteiger partial charge in [-0.05, 0) is 43.5 Å². The molecule has 2 rings (SSSR count). The summed E-state index contributed by atoms with van der Waals surface area (Å²) in [5.41, 5.74) is 6.79. The number of hydrogen-bond acceptors (Lipinski definition) is 3. The van der Waals surface area contributed by atoms with Crippen LogP contribution < -0.4 is 5.73 Å². The van der Waals surface area contributed by atoms with Crippen LogP contribution in [0.1, 0.15) is 31.7 Å². The van der Waals surface area contributed by atoms with E-state index in [0.717, 1.165) is 31.0 Å². The Morgan fingerprint density at radius 1 is 1.47 bits per heavy atom. The van der Waals surface area contributed by atoms with Gasteiger partial charge in [0.2, 0.25) is 0 Å². The second-order valence-electron chi connectivity index (χ2n) is 5.43. The molecule has 1 fully saturated rings. The zero-order valence-electron chi connectivity index (χ0n) is 11.5. The normalized spacial score (nSPS) is 24.6. The van der Waals surface area contributed by atoms with Crippen molar-refractivity contribution in [3.8, 4) is 5.75 Å². The van der Waals surface area contributed by atoms with Crippen molar-refractivity contribution in [2.75, 3.05) is 13.1 Å². The SMILES string of the molecule is CCC1CCN(Cc2cc(Cl)ccc2O)C(CN)C1. The highest BCUT2D eigenvalue weighted by atomic mass is 35.5. The minimum absolute atomic E-state index is 0.317. The van der Waals surface area contributed by atoms with Crippen LogP contribution in [-0.4, -0.2) is 29.1 Å². The summed E-state index contributed by atoms with van der Waals surface area (Å²) in [6, 6.07) is 5.63. The third-order valence-corrected chi connectivity index (χ3v) is 4.45. The lowest BCUT2D eigenvalue weighted by molar-refractivity contribution is 0.106. The maximum Gasteiger partial charge on any atom is 0.120 e. The molecule has 1 aromatic rings. The Morgan fingerprint density at radius 2 is 2.26 bits per heavy atom. The lowest BCUT2D eigenvalue weighted by Crippen LogP contribution is -2.46. The second kappa shape index (κ2) is 6.60. The van der Waals surface area contributed by atoms with Crippen LogP contribution in [0, 0.1) is 5.92 Å². The zero-order valence-corrected chi connectivity index (χ0v) is 12.2. The van der Waals surface area contributed by atoms with Gasteiger partial charge in [-0.2, -0.15) is 0 Å². The minimum atomic E-state index is 0.317. The molecule has 1 saturated heterocycles. The topological polar surface area (TPSA) is 49.5 Å². The Balaban J connectivity index is 2.07. The third-order valence-electron chi connectivity index (χ3n) is 4.21. The number of piperidine rings is 1. The number of phenolic OH excluding ortho intramolecular Hbond substituents is 1. The second-order valence-corrected chi connectivity index (χ2v) is 5.87. The molecule has 1 aliphatic heterocycles. The highest BCUT2D eigenvalue weighted by Gasteiger charge is 2.27. The summed E-state index contributed by atoms with van der Waals surface area (Å²) in [5.74, 6) is 1.11. The van der Waals surface area contributed by atoms with Crippen LogP contribution in [0.3, 0.4) is 0 Å². The molecule has 0 aliphatic carbocycles. The summed E-state index contributed by atoms with van der Waals surface area (Å²) in [6.45, 7) is 4.70.